The first-order valence-electron chi connectivity index (χ1n) is 19.6. The molecule has 0 amide bonds. The Balaban J connectivity index is 1.56. The standard InChI is InChI=1S/C41H68N6O6/c1-32(48)36(11-6-15-42-4)12-7-17-44-20-21-45-19-10-26-53-41-14-13-35(27-40(41)34(3)50)31-47-23-22-46-18-9-25-52-39-29-37(33(2)49)28-38(30-39)51-24-8-16-43-5/h13-14,27-30,36,42-47H,6-12,15-26,31H2,1-5H3. The van der Waals surface area contributed by atoms with Gasteiger partial charge in [0.1, 0.15) is 23.0 Å². The van der Waals surface area contributed by atoms with Gasteiger partial charge in [0, 0.05) is 50.3 Å². The molecule has 0 saturated heterocycles. The molecule has 6 N–H and O–H groups in total. The van der Waals surface area contributed by atoms with Crippen LogP contribution in [0.15, 0.2) is 36.4 Å². The Morgan fingerprint density at radius 1 is 0.566 bits per heavy atom. The number of carbonyl (C=O) groups is 3. The fraction of sp³-hybridized carbons (Fsp3) is 0.634. The number of carbonyl (C=O) groups excluding carboxylic acids is 3. The van der Waals surface area contributed by atoms with E-state index < -0.39 is 0 Å². The summed E-state index contributed by atoms with van der Waals surface area (Å²) < 4.78 is 17.7. The minimum absolute atomic E-state index is 0.0104. The average molecular weight is 741 g/mol. The zero-order valence-corrected chi connectivity index (χ0v) is 33.1. The number of nitrogens with one attached hydrogen (secondary N) is 6. The number of hydrogen-bond donors (Lipinski definition) is 6. The highest BCUT2D eigenvalue weighted by Gasteiger charge is 2.13. The molecule has 1 atom stereocenters. The molecule has 298 valence electrons. The zero-order valence-electron chi connectivity index (χ0n) is 33.1. The van der Waals surface area contributed by atoms with E-state index in [2.05, 4.69) is 31.9 Å². The number of hydrogen-bond acceptors (Lipinski definition) is 12. The number of rotatable bonds is 34. The molecule has 2 aromatic carbocycles. The van der Waals surface area contributed by atoms with Crippen LogP contribution in [0.3, 0.4) is 0 Å². The van der Waals surface area contributed by atoms with Crippen LogP contribution in [0.5, 0.6) is 17.2 Å². The van der Waals surface area contributed by atoms with Gasteiger partial charge in [0.05, 0.1) is 25.4 Å². The molecule has 0 spiro atoms. The van der Waals surface area contributed by atoms with Gasteiger partial charge in [0.2, 0.25) is 0 Å². The van der Waals surface area contributed by atoms with Crippen molar-refractivity contribution in [3.63, 3.8) is 0 Å². The van der Waals surface area contributed by atoms with E-state index in [1.165, 1.54) is 0 Å². The Kier molecular flexibility index (Phi) is 25.1. The Labute approximate surface area is 318 Å². The van der Waals surface area contributed by atoms with Crippen molar-refractivity contribution in [1.29, 1.82) is 0 Å². The molecule has 12 heteroatoms. The van der Waals surface area contributed by atoms with Gasteiger partial charge in [0.25, 0.3) is 0 Å². The Morgan fingerprint density at radius 3 is 1.62 bits per heavy atom. The summed E-state index contributed by atoms with van der Waals surface area (Å²) in [6.45, 7) is 14.8. The summed E-state index contributed by atoms with van der Waals surface area (Å²) in [7, 11) is 3.85. The second-order valence-electron chi connectivity index (χ2n) is 13.5. The van der Waals surface area contributed by atoms with E-state index in [1.807, 2.05) is 38.4 Å². The van der Waals surface area contributed by atoms with Gasteiger partial charge in [-0.3, -0.25) is 14.4 Å². The smallest absolute Gasteiger partial charge is 0.163 e. The molecule has 53 heavy (non-hydrogen) atoms. The van der Waals surface area contributed by atoms with Crippen LogP contribution < -0.4 is 46.1 Å². The topological polar surface area (TPSA) is 151 Å². The van der Waals surface area contributed by atoms with E-state index in [1.54, 1.807) is 32.9 Å². The van der Waals surface area contributed by atoms with Crippen LogP contribution in [-0.2, 0) is 11.3 Å². The minimum atomic E-state index is -0.0224. The van der Waals surface area contributed by atoms with E-state index >= 15 is 0 Å². The summed E-state index contributed by atoms with van der Waals surface area (Å²) in [6.07, 6.45) is 6.50. The van der Waals surface area contributed by atoms with E-state index in [-0.39, 0.29) is 17.5 Å². The second kappa shape index (κ2) is 29.0. The van der Waals surface area contributed by atoms with Gasteiger partial charge in [-0.25, -0.2) is 0 Å². The lowest BCUT2D eigenvalue weighted by Crippen LogP contribution is -2.29. The maximum absolute atomic E-state index is 12.4. The maximum atomic E-state index is 12.4. The summed E-state index contributed by atoms with van der Waals surface area (Å²) in [5.41, 5.74) is 2.22. The van der Waals surface area contributed by atoms with E-state index in [0.29, 0.717) is 60.5 Å². The summed E-state index contributed by atoms with van der Waals surface area (Å²) in [5, 5.41) is 20.0. The van der Waals surface area contributed by atoms with E-state index in [9.17, 15) is 14.4 Å². The third-order valence-electron chi connectivity index (χ3n) is 8.82. The van der Waals surface area contributed by atoms with Crippen LogP contribution in [0.1, 0.15) is 92.0 Å². The molecule has 0 aromatic heterocycles. The second-order valence-corrected chi connectivity index (χ2v) is 13.5. The van der Waals surface area contributed by atoms with Crippen molar-refractivity contribution in [3.05, 3.63) is 53.1 Å². The molecule has 0 fully saturated rings. The van der Waals surface area contributed by atoms with Gasteiger partial charge in [-0.15, -0.1) is 0 Å². The fourth-order valence-electron chi connectivity index (χ4n) is 5.75. The van der Waals surface area contributed by atoms with Crippen molar-refractivity contribution >= 4 is 17.3 Å². The van der Waals surface area contributed by atoms with Crippen LogP contribution in [0.2, 0.25) is 0 Å². The molecule has 2 rings (SSSR count). The van der Waals surface area contributed by atoms with Crippen molar-refractivity contribution in [3.8, 4) is 17.2 Å². The molecular weight excluding hydrogens is 672 g/mol. The molecule has 0 radical (unpaired) electrons. The SMILES string of the molecule is CNCCCOc1cc(OCCCNCCNCc2ccc(OCCCNCCNCCCC(CCCNC)C(C)=O)c(C(C)=O)c2)cc(C(C)=O)c1. The van der Waals surface area contributed by atoms with Gasteiger partial charge in [-0.1, -0.05) is 6.07 Å². The van der Waals surface area contributed by atoms with Gasteiger partial charge in [-0.05, 0) is 142 Å². The molecular formula is C41H68N6O6. The van der Waals surface area contributed by atoms with E-state index in [0.717, 1.165) is 109 Å². The lowest BCUT2D eigenvalue weighted by molar-refractivity contribution is -0.121. The Morgan fingerprint density at radius 2 is 1.08 bits per heavy atom. The molecule has 0 aliphatic carbocycles. The van der Waals surface area contributed by atoms with Gasteiger partial charge < -0.3 is 46.1 Å². The Hall–Kier alpha value is -3.39. The summed E-state index contributed by atoms with van der Waals surface area (Å²) in [4.78, 5) is 36.2. The first kappa shape index (κ1) is 45.8. The normalized spacial score (nSPS) is 11.7. The molecule has 0 heterocycles. The van der Waals surface area contributed by atoms with Crippen LogP contribution in [0.4, 0.5) is 0 Å². The Bertz CT molecular complexity index is 1330. The maximum Gasteiger partial charge on any atom is 0.163 e. The molecule has 0 saturated carbocycles. The first-order chi connectivity index (χ1) is 25.7. The fourth-order valence-corrected chi connectivity index (χ4v) is 5.75. The minimum Gasteiger partial charge on any atom is -0.493 e. The van der Waals surface area contributed by atoms with Crippen molar-refractivity contribution < 1.29 is 28.6 Å². The van der Waals surface area contributed by atoms with Crippen molar-refractivity contribution in [2.45, 2.75) is 72.3 Å². The molecule has 2 aromatic rings. The summed E-state index contributed by atoms with van der Waals surface area (Å²) in [6, 6.07) is 11.2. The first-order valence-corrected chi connectivity index (χ1v) is 19.6. The third-order valence-corrected chi connectivity index (χ3v) is 8.82. The van der Waals surface area contributed by atoms with Gasteiger partial charge in [-0.2, -0.15) is 0 Å². The van der Waals surface area contributed by atoms with Crippen LogP contribution in [0, 0.1) is 5.92 Å². The largest absolute Gasteiger partial charge is 0.493 e. The summed E-state index contributed by atoms with van der Waals surface area (Å²) >= 11 is 0. The quantitative estimate of drug-likeness (QED) is 0.0452. The highest BCUT2D eigenvalue weighted by molar-refractivity contribution is 5.97. The van der Waals surface area contributed by atoms with Gasteiger partial charge >= 0.3 is 0 Å². The van der Waals surface area contributed by atoms with Crippen LogP contribution in [-0.4, -0.2) is 110 Å². The van der Waals surface area contributed by atoms with Crippen LogP contribution in [0.25, 0.3) is 0 Å². The molecule has 0 bridgehead atoms. The third kappa shape index (κ3) is 21.2. The predicted molar refractivity (Wildman–Crippen MR) is 214 cm³/mol. The number of ketones is 3. The van der Waals surface area contributed by atoms with Crippen molar-refractivity contribution in [1.82, 2.24) is 31.9 Å². The molecule has 12 nitrogen and oxygen atoms in total. The van der Waals surface area contributed by atoms with Gasteiger partial charge in [0.15, 0.2) is 11.6 Å². The van der Waals surface area contributed by atoms with E-state index in [4.69, 9.17) is 14.2 Å². The number of benzene rings is 2. The van der Waals surface area contributed by atoms with Crippen molar-refractivity contribution in [2.24, 2.45) is 5.92 Å². The average Bonchev–Trinajstić information content (AvgIpc) is 3.14. The summed E-state index contributed by atoms with van der Waals surface area (Å²) in [5.74, 6) is 2.36. The number of ether oxygens (including phenoxy) is 3. The molecule has 0 aliphatic rings. The monoisotopic (exact) mass is 741 g/mol. The highest BCUT2D eigenvalue weighted by Crippen LogP contribution is 2.24. The molecule has 0 aliphatic heterocycles. The van der Waals surface area contributed by atoms with Crippen LogP contribution >= 0.6 is 0 Å². The predicted octanol–water partition coefficient (Wildman–Crippen LogP) is 4.16. The highest BCUT2D eigenvalue weighted by atomic mass is 16.5. The van der Waals surface area contributed by atoms with Crippen molar-refractivity contribution in [2.75, 3.05) is 92.8 Å². The number of Topliss-reactive ketones (excluding diaryl/α,β-unsaturated/α-hetero) is 3. The zero-order chi connectivity index (χ0) is 38.5. The lowest BCUT2D eigenvalue weighted by atomic mass is 9.94. The lowest BCUT2D eigenvalue weighted by Gasteiger charge is -2.14. The molecule has 1 unspecified atom stereocenters.